The highest BCUT2D eigenvalue weighted by Crippen LogP contribution is 2.38. The van der Waals surface area contributed by atoms with Gasteiger partial charge in [-0.05, 0) is 30.7 Å². The quantitative estimate of drug-likeness (QED) is 0.253. The number of benzene rings is 2. The van der Waals surface area contributed by atoms with Crippen LogP contribution in [0.4, 0.5) is 5.82 Å². The predicted molar refractivity (Wildman–Crippen MR) is 163 cm³/mol. The number of H-pyrrole nitrogens is 1. The van der Waals surface area contributed by atoms with E-state index in [1.54, 1.807) is 16.8 Å². The average molecular weight is 581 g/mol. The smallest absolute Gasteiger partial charge is 0.263 e. The van der Waals surface area contributed by atoms with Gasteiger partial charge in [-0.3, -0.25) is 14.2 Å². The predicted octanol–water partition coefficient (Wildman–Crippen LogP) is 5.53. The highest BCUT2D eigenvalue weighted by molar-refractivity contribution is 6.36. The molecule has 210 valence electrons. The Hall–Kier alpha value is -5.22. The van der Waals surface area contributed by atoms with Crippen LogP contribution in [-0.4, -0.2) is 38.7 Å². The summed E-state index contributed by atoms with van der Waals surface area (Å²) in [5.41, 5.74) is 2.31. The second kappa shape index (κ2) is 11.0. The summed E-state index contributed by atoms with van der Waals surface area (Å²) in [5, 5.41) is 4.96. The highest BCUT2D eigenvalue weighted by atomic mass is 35.5. The second-order valence-electron chi connectivity index (χ2n) is 9.49. The van der Waals surface area contributed by atoms with Crippen molar-refractivity contribution in [2.75, 3.05) is 19.5 Å². The van der Waals surface area contributed by atoms with E-state index < -0.39 is 6.04 Å². The number of hydrogen-bond acceptors (Lipinski definition) is 8. The number of fused-ring (bicyclic) bond motifs is 2. The number of ether oxygens (including phenoxy) is 2. The molecule has 0 fully saturated rings. The summed E-state index contributed by atoms with van der Waals surface area (Å²) < 4.78 is 12.4. The summed E-state index contributed by atoms with van der Waals surface area (Å²) in [4.78, 5) is 43.1. The Morgan fingerprint density at radius 3 is 2.52 bits per heavy atom. The molecule has 4 heterocycles. The highest BCUT2D eigenvalue weighted by Gasteiger charge is 2.24. The number of nitrogens with zero attached hydrogens (tertiary/aromatic N) is 4. The normalized spacial score (nSPS) is 11.9. The first-order chi connectivity index (χ1) is 20.4. The van der Waals surface area contributed by atoms with Gasteiger partial charge in [-0.25, -0.2) is 15.0 Å². The van der Waals surface area contributed by atoms with Crippen molar-refractivity contribution in [2.24, 2.45) is 0 Å². The molecule has 0 aliphatic heterocycles. The number of methoxy groups -OCH3 is 2. The maximum Gasteiger partial charge on any atom is 0.263 e. The summed E-state index contributed by atoms with van der Waals surface area (Å²) in [5.74, 6) is 1.09. The van der Waals surface area contributed by atoms with E-state index in [2.05, 4.69) is 25.3 Å². The largest absolute Gasteiger partial charge is 0.491 e. The SMILES string of the molecule is COc1cc(-c2cccc3c(Cl)c([C@H](C)Nc4ncnc5[nH]ccc(=O)c45)n(-c4ccccc4)c(=O)c23)cnc1OC. The van der Waals surface area contributed by atoms with Crippen LogP contribution in [0.1, 0.15) is 18.7 Å². The molecule has 6 aromatic rings. The maximum atomic E-state index is 14.5. The Kier molecular flexibility index (Phi) is 7.05. The third-order valence-electron chi connectivity index (χ3n) is 7.05. The minimum absolute atomic E-state index is 0.239. The third-order valence-corrected chi connectivity index (χ3v) is 7.45. The Balaban J connectivity index is 1.61. The maximum absolute atomic E-state index is 14.5. The number of aromatic nitrogens is 5. The lowest BCUT2D eigenvalue weighted by Gasteiger charge is -2.24. The van der Waals surface area contributed by atoms with Gasteiger partial charge in [0.15, 0.2) is 11.2 Å². The van der Waals surface area contributed by atoms with E-state index in [0.29, 0.717) is 66.8 Å². The minimum Gasteiger partial charge on any atom is -0.491 e. The number of rotatable bonds is 7. The van der Waals surface area contributed by atoms with Crippen molar-refractivity contribution in [1.29, 1.82) is 0 Å². The van der Waals surface area contributed by atoms with Gasteiger partial charge in [0, 0.05) is 35.1 Å². The van der Waals surface area contributed by atoms with Crippen molar-refractivity contribution < 1.29 is 9.47 Å². The van der Waals surface area contributed by atoms with Gasteiger partial charge in [0.2, 0.25) is 0 Å². The molecule has 0 bridgehead atoms. The van der Waals surface area contributed by atoms with Crippen LogP contribution in [0.15, 0.2) is 89.0 Å². The molecule has 10 nitrogen and oxygen atoms in total. The molecule has 2 N–H and O–H groups in total. The fraction of sp³-hybridized carbons (Fsp3) is 0.129. The second-order valence-corrected chi connectivity index (χ2v) is 9.87. The molecule has 0 aliphatic rings. The molecule has 0 aliphatic carbocycles. The number of para-hydroxylation sites is 1. The molecule has 42 heavy (non-hydrogen) atoms. The lowest BCUT2D eigenvalue weighted by atomic mass is 9.98. The Morgan fingerprint density at radius 1 is 0.952 bits per heavy atom. The van der Waals surface area contributed by atoms with Crippen LogP contribution < -0.4 is 25.8 Å². The monoisotopic (exact) mass is 580 g/mol. The van der Waals surface area contributed by atoms with Gasteiger partial charge in [-0.1, -0.05) is 48.0 Å². The molecule has 2 aromatic carbocycles. The van der Waals surface area contributed by atoms with Gasteiger partial charge >= 0.3 is 0 Å². The molecule has 1 atom stereocenters. The van der Waals surface area contributed by atoms with Gasteiger partial charge in [0.1, 0.15) is 23.2 Å². The molecule has 0 saturated heterocycles. The van der Waals surface area contributed by atoms with Gasteiger partial charge in [0.05, 0.1) is 36.4 Å². The van der Waals surface area contributed by atoms with Crippen LogP contribution in [0.2, 0.25) is 5.02 Å². The molecule has 4 aromatic heterocycles. The van der Waals surface area contributed by atoms with Crippen LogP contribution >= 0.6 is 11.6 Å². The molecule has 0 saturated carbocycles. The molecular formula is C31H25ClN6O4. The fourth-order valence-corrected chi connectivity index (χ4v) is 5.56. The van der Waals surface area contributed by atoms with E-state index in [9.17, 15) is 9.59 Å². The summed E-state index contributed by atoms with van der Waals surface area (Å²) in [7, 11) is 3.04. The number of pyridine rings is 3. The van der Waals surface area contributed by atoms with E-state index in [0.717, 1.165) is 0 Å². The molecule has 6 rings (SSSR count). The number of nitrogens with one attached hydrogen (secondary N) is 2. The zero-order chi connectivity index (χ0) is 29.4. The van der Waals surface area contributed by atoms with E-state index in [1.165, 1.54) is 32.8 Å². The van der Waals surface area contributed by atoms with Crippen LogP contribution in [0.3, 0.4) is 0 Å². The lowest BCUT2D eigenvalue weighted by Crippen LogP contribution is -2.27. The first-order valence-electron chi connectivity index (χ1n) is 13.0. The van der Waals surface area contributed by atoms with Gasteiger partial charge < -0.3 is 19.8 Å². The zero-order valence-corrected chi connectivity index (χ0v) is 23.6. The molecule has 0 unspecified atom stereocenters. The van der Waals surface area contributed by atoms with Gasteiger partial charge in [0.25, 0.3) is 11.4 Å². The van der Waals surface area contributed by atoms with Crippen molar-refractivity contribution in [3.8, 4) is 28.4 Å². The van der Waals surface area contributed by atoms with Crippen molar-refractivity contribution in [2.45, 2.75) is 13.0 Å². The van der Waals surface area contributed by atoms with E-state index in [-0.39, 0.29) is 11.0 Å². The fourth-order valence-electron chi connectivity index (χ4n) is 5.15. The number of aromatic amines is 1. The molecule has 0 radical (unpaired) electrons. The van der Waals surface area contributed by atoms with Crippen LogP contribution in [0, 0.1) is 0 Å². The van der Waals surface area contributed by atoms with E-state index in [4.69, 9.17) is 21.1 Å². The molecule has 0 spiro atoms. The topological polar surface area (TPSA) is 124 Å². The Morgan fingerprint density at radius 2 is 1.76 bits per heavy atom. The third kappa shape index (κ3) is 4.51. The summed E-state index contributed by atoms with van der Waals surface area (Å²) in [6.45, 7) is 1.86. The number of anilines is 1. The lowest BCUT2D eigenvalue weighted by molar-refractivity contribution is 0.343. The van der Waals surface area contributed by atoms with Gasteiger partial charge in [-0.2, -0.15) is 0 Å². The summed E-state index contributed by atoms with van der Waals surface area (Å²) >= 11 is 7.18. The summed E-state index contributed by atoms with van der Waals surface area (Å²) in [6, 6.07) is 17.4. The van der Waals surface area contributed by atoms with E-state index >= 15 is 0 Å². The zero-order valence-electron chi connectivity index (χ0n) is 22.9. The Labute approximate surface area is 244 Å². The number of halogens is 1. The Bertz CT molecular complexity index is 2070. The van der Waals surface area contributed by atoms with Crippen LogP contribution in [0.25, 0.3) is 38.6 Å². The molecule has 11 heteroatoms. The van der Waals surface area contributed by atoms with Crippen molar-refractivity contribution in [1.82, 2.24) is 24.5 Å². The van der Waals surface area contributed by atoms with Gasteiger partial charge in [-0.15, -0.1) is 0 Å². The van der Waals surface area contributed by atoms with Crippen LogP contribution in [-0.2, 0) is 0 Å². The molecular weight excluding hydrogens is 556 g/mol. The molecule has 0 amide bonds. The van der Waals surface area contributed by atoms with E-state index in [1.807, 2.05) is 55.5 Å². The number of hydrogen-bond donors (Lipinski definition) is 2. The summed E-state index contributed by atoms with van der Waals surface area (Å²) in [6.07, 6.45) is 4.53. The average Bonchev–Trinajstić information content (AvgIpc) is 3.02. The van der Waals surface area contributed by atoms with Crippen molar-refractivity contribution in [3.05, 3.63) is 111 Å². The van der Waals surface area contributed by atoms with Crippen molar-refractivity contribution >= 4 is 39.2 Å². The first-order valence-corrected chi connectivity index (χ1v) is 13.4. The standard InChI is InChI=1S/C31H25ClN6O4/c1-17(37-29-25-22(39)12-13-33-28(25)35-16-36-29)27-26(32)21-11-7-10-20(18-14-23(41-2)30(42-3)34-15-18)24(21)31(40)38(27)19-8-5-4-6-9-19/h4-17H,1-3H3,(H2,33,35,36,37,39)/t17-/m0/s1. The van der Waals surface area contributed by atoms with Crippen molar-refractivity contribution in [3.63, 3.8) is 0 Å². The minimum atomic E-state index is -0.557. The van der Waals surface area contributed by atoms with Crippen LogP contribution in [0.5, 0.6) is 11.6 Å². The first kappa shape index (κ1) is 27.0.